The first-order valence-corrected chi connectivity index (χ1v) is 10.5. The molecule has 2 aliphatic heterocycles. The third-order valence-corrected chi connectivity index (χ3v) is 5.64. The number of carbonyl (C=O) groups excluding carboxylic acids is 4. The number of amides is 4. The second kappa shape index (κ2) is 9.54. The fraction of sp³-hybridized carbons (Fsp3) is 0.364. The summed E-state index contributed by atoms with van der Waals surface area (Å²) in [5, 5.41) is 5.49. The molecule has 1 aromatic heterocycles. The van der Waals surface area contributed by atoms with Crippen LogP contribution in [0.3, 0.4) is 0 Å². The maximum Gasteiger partial charge on any atom is 0.274 e. The van der Waals surface area contributed by atoms with Crippen LogP contribution in [-0.2, 0) is 9.59 Å². The van der Waals surface area contributed by atoms with Crippen molar-refractivity contribution >= 4 is 23.6 Å². The molecule has 2 unspecified atom stereocenters. The lowest BCUT2D eigenvalue weighted by Gasteiger charge is -2.41. The summed E-state index contributed by atoms with van der Waals surface area (Å²) in [6.07, 6.45) is 5.48. The van der Waals surface area contributed by atoms with Gasteiger partial charge in [-0.15, -0.1) is 0 Å². The largest absolute Gasteiger partial charge is 0.354 e. The van der Waals surface area contributed by atoms with E-state index in [4.69, 9.17) is 0 Å². The van der Waals surface area contributed by atoms with Gasteiger partial charge in [0.1, 0.15) is 17.8 Å². The molecule has 2 aromatic rings. The van der Waals surface area contributed by atoms with E-state index in [1.165, 1.54) is 23.5 Å². The number of nitrogens with one attached hydrogen (secondary N) is 2. The van der Waals surface area contributed by atoms with Crippen molar-refractivity contribution in [1.82, 2.24) is 30.4 Å². The summed E-state index contributed by atoms with van der Waals surface area (Å²) >= 11 is 0. The topological polar surface area (TPSA) is 125 Å². The molecule has 10 nitrogen and oxygen atoms in total. The monoisotopic (exact) mass is 436 g/mol. The SMILES string of the molecule is O=C1NCCCC1NC(=O)C1CN(C(=O)c2ccccc2)CCN1C(=O)c1cnccn1. The molecule has 2 atom stereocenters. The maximum absolute atomic E-state index is 13.2. The zero-order valence-electron chi connectivity index (χ0n) is 17.4. The second-order valence-electron chi connectivity index (χ2n) is 7.72. The molecule has 166 valence electrons. The highest BCUT2D eigenvalue weighted by atomic mass is 16.2. The van der Waals surface area contributed by atoms with Crippen LogP contribution in [-0.4, -0.2) is 81.7 Å². The van der Waals surface area contributed by atoms with Crippen LogP contribution in [0.5, 0.6) is 0 Å². The predicted molar refractivity (Wildman–Crippen MR) is 113 cm³/mol. The first-order chi connectivity index (χ1) is 15.5. The number of hydrogen-bond donors (Lipinski definition) is 2. The van der Waals surface area contributed by atoms with Gasteiger partial charge in [0, 0.05) is 37.6 Å². The van der Waals surface area contributed by atoms with Crippen molar-refractivity contribution in [2.75, 3.05) is 26.2 Å². The molecule has 2 aliphatic rings. The number of nitrogens with zero attached hydrogens (tertiary/aromatic N) is 4. The summed E-state index contributed by atoms with van der Waals surface area (Å²) in [6.45, 7) is 1.02. The Bertz CT molecular complexity index is 1000. The van der Waals surface area contributed by atoms with E-state index in [-0.39, 0.29) is 37.1 Å². The van der Waals surface area contributed by atoms with Gasteiger partial charge in [-0.1, -0.05) is 18.2 Å². The van der Waals surface area contributed by atoms with Crippen molar-refractivity contribution in [2.45, 2.75) is 24.9 Å². The Morgan fingerprint density at radius 1 is 1.06 bits per heavy atom. The minimum absolute atomic E-state index is 0.0138. The van der Waals surface area contributed by atoms with Crippen LogP contribution in [0, 0.1) is 0 Å². The molecule has 4 amide bonds. The minimum Gasteiger partial charge on any atom is -0.354 e. The van der Waals surface area contributed by atoms with Gasteiger partial charge in [-0.05, 0) is 25.0 Å². The summed E-state index contributed by atoms with van der Waals surface area (Å²) in [4.78, 5) is 62.3. The smallest absolute Gasteiger partial charge is 0.274 e. The third-order valence-electron chi connectivity index (χ3n) is 5.64. The number of benzene rings is 1. The first kappa shape index (κ1) is 21.4. The van der Waals surface area contributed by atoms with Crippen molar-refractivity contribution in [3.05, 3.63) is 60.2 Å². The molecule has 10 heteroatoms. The van der Waals surface area contributed by atoms with Gasteiger partial charge in [-0.25, -0.2) is 4.98 Å². The lowest BCUT2D eigenvalue weighted by Crippen LogP contribution is -2.63. The van der Waals surface area contributed by atoms with Crippen molar-refractivity contribution in [2.24, 2.45) is 0 Å². The van der Waals surface area contributed by atoms with E-state index in [2.05, 4.69) is 20.6 Å². The second-order valence-corrected chi connectivity index (χ2v) is 7.72. The average molecular weight is 436 g/mol. The summed E-state index contributed by atoms with van der Waals surface area (Å²) in [5.74, 6) is -1.39. The Hall–Kier alpha value is -3.82. The normalized spacial score (nSPS) is 20.9. The number of aromatic nitrogens is 2. The standard InChI is InChI=1S/C22H24N6O4/c29-19-16(7-4-8-25-19)26-20(30)18-14-27(21(31)15-5-2-1-3-6-15)11-12-28(18)22(32)17-13-23-9-10-24-17/h1-3,5-6,9-10,13,16,18H,4,7-8,11-12,14H2,(H,25,29)(H,26,30). The fourth-order valence-electron chi connectivity index (χ4n) is 3.93. The molecular formula is C22H24N6O4. The van der Waals surface area contributed by atoms with Crippen molar-refractivity contribution < 1.29 is 19.2 Å². The average Bonchev–Trinajstić information content (AvgIpc) is 2.85. The number of carbonyl (C=O) groups is 4. The van der Waals surface area contributed by atoms with E-state index >= 15 is 0 Å². The predicted octanol–water partition coefficient (Wildman–Crippen LogP) is -0.162. The van der Waals surface area contributed by atoms with E-state index in [1.54, 1.807) is 29.2 Å². The molecule has 2 N–H and O–H groups in total. The lowest BCUT2D eigenvalue weighted by molar-refractivity contribution is -0.133. The zero-order valence-corrected chi connectivity index (χ0v) is 17.4. The van der Waals surface area contributed by atoms with Crippen LogP contribution in [0.2, 0.25) is 0 Å². The van der Waals surface area contributed by atoms with Gasteiger partial charge in [0.25, 0.3) is 11.8 Å². The molecule has 32 heavy (non-hydrogen) atoms. The van der Waals surface area contributed by atoms with E-state index in [1.807, 2.05) is 6.07 Å². The molecule has 2 saturated heterocycles. The lowest BCUT2D eigenvalue weighted by atomic mass is 10.0. The molecular weight excluding hydrogens is 412 g/mol. The van der Waals surface area contributed by atoms with Crippen LogP contribution in [0.15, 0.2) is 48.9 Å². The van der Waals surface area contributed by atoms with E-state index < -0.39 is 23.9 Å². The highest BCUT2D eigenvalue weighted by Gasteiger charge is 2.39. The molecule has 3 heterocycles. The zero-order chi connectivity index (χ0) is 22.5. The third kappa shape index (κ3) is 4.58. The van der Waals surface area contributed by atoms with Crippen LogP contribution < -0.4 is 10.6 Å². The van der Waals surface area contributed by atoms with E-state index in [9.17, 15) is 19.2 Å². The van der Waals surface area contributed by atoms with E-state index in [0.29, 0.717) is 18.5 Å². The van der Waals surface area contributed by atoms with Crippen LogP contribution >= 0.6 is 0 Å². The number of piperazine rings is 1. The molecule has 0 radical (unpaired) electrons. The molecule has 0 spiro atoms. The van der Waals surface area contributed by atoms with Gasteiger partial charge in [0.2, 0.25) is 11.8 Å². The van der Waals surface area contributed by atoms with Gasteiger partial charge in [0.15, 0.2) is 0 Å². The fourth-order valence-corrected chi connectivity index (χ4v) is 3.93. The Balaban J connectivity index is 1.56. The van der Waals surface area contributed by atoms with Crippen LogP contribution in [0.4, 0.5) is 0 Å². The van der Waals surface area contributed by atoms with Crippen molar-refractivity contribution in [3.63, 3.8) is 0 Å². The number of hydrogen-bond acceptors (Lipinski definition) is 6. The Morgan fingerprint density at radius 2 is 1.88 bits per heavy atom. The van der Waals surface area contributed by atoms with Crippen molar-refractivity contribution in [1.29, 1.82) is 0 Å². The summed E-state index contributed by atoms with van der Waals surface area (Å²) in [6, 6.07) is 7.16. The van der Waals surface area contributed by atoms with Gasteiger partial charge < -0.3 is 20.4 Å². The molecule has 1 aromatic carbocycles. The number of piperidine rings is 1. The number of rotatable bonds is 4. The molecule has 0 bridgehead atoms. The van der Waals surface area contributed by atoms with Gasteiger partial charge in [-0.2, -0.15) is 0 Å². The summed E-state index contributed by atoms with van der Waals surface area (Å²) in [7, 11) is 0. The maximum atomic E-state index is 13.2. The van der Waals surface area contributed by atoms with Gasteiger partial charge >= 0.3 is 0 Å². The van der Waals surface area contributed by atoms with Crippen LogP contribution in [0.25, 0.3) is 0 Å². The van der Waals surface area contributed by atoms with Crippen molar-refractivity contribution in [3.8, 4) is 0 Å². The molecule has 4 rings (SSSR count). The highest BCUT2D eigenvalue weighted by Crippen LogP contribution is 2.17. The Morgan fingerprint density at radius 3 is 2.59 bits per heavy atom. The Labute approximate surface area is 185 Å². The first-order valence-electron chi connectivity index (χ1n) is 10.5. The molecule has 0 aliphatic carbocycles. The molecule has 0 saturated carbocycles. The minimum atomic E-state index is -0.958. The summed E-state index contributed by atoms with van der Waals surface area (Å²) in [5.41, 5.74) is 0.621. The van der Waals surface area contributed by atoms with Gasteiger partial charge in [0.05, 0.1) is 12.7 Å². The highest BCUT2D eigenvalue weighted by molar-refractivity contribution is 5.99. The summed E-state index contributed by atoms with van der Waals surface area (Å²) < 4.78 is 0. The van der Waals surface area contributed by atoms with Crippen LogP contribution in [0.1, 0.15) is 33.7 Å². The quantitative estimate of drug-likeness (QED) is 0.686. The van der Waals surface area contributed by atoms with E-state index in [0.717, 1.165) is 6.42 Å². The molecule has 2 fully saturated rings. The Kier molecular flexibility index (Phi) is 6.39. The van der Waals surface area contributed by atoms with Gasteiger partial charge in [-0.3, -0.25) is 24.2 Å².